The zero-order chi connectivity index (χ0) is 13.0. The van der Waals surface area contributed by atoms with Crippen LogP contribution in [0.4, 0.5) is 0 Å². The van der Waals surface area contributed by atoms with Crippen molar-refractivity contribution in [3.8, 4) is 6.07 Å². The van der Waals surface area contributed by atoms with E-state index in [-0.39, 0.29) is 5.92 Å². The summed E-state index contributed by atoms with van der Waals surface area (Å²) >= 11 is 0. The molecule has 2 rings (SSSR count). The van der Waals surface area contributed by atoms with Gasteiger partial charge in [-0.3, -0.25) is 4.90 Å². The fourth-order valence-electron chi connectivity index (χ4n) is 3.49. The summed E-state index contributed by atoms with van der Waals surface area (Å²) in [5.41, 5.74) is 0. The van der Waals surface area contributed by atoms with E-state index >= 15 is 0 Å². The summed E-state index contributed by atoms with van der Waals surface area (Å²) in [6.07, 6.45) is 4.92. The fraction of sp³-hybridized carbons (Fsp3) is 0.933. The van der Waals surface area contributed by atoms with Gasteiger partial charge >= 0.3 is 0 Å². The van der Waals surface area contributed by atoms with Crippen LogP contribution >= 0.6 is 0 Å². The minimum atomic E-state index is 0.287. The molecule has 1 saturated heterocycles. The Labute approximate surface area is 112 Å². The van der Waals surface area contributed by atoms with Crippen LogP contribution in [0.15, 0.2) is 0 Å². The van der Waals surface area contributed by atoms with E-state index in [4.69, 9.17) is 0 Å². The maximum atomic E-state index is 9.28. The van der Waals surface area contributed by atoms with Crippen LogP contribution in [0, 0.1) is 23.2 Å². The van der Waals surface area contributed by atoms with Gasteiger partial charge in [-0.15, -0.1) is 0 Å². The molecule has 1 aliphatic heterocycles. The summed E-state index contributed by atoms with van der Waals surface area (Å²) in [4.78, 5) is 5.16. The van der Waals surface area contributed by atoms with E-state index in [1.807, 2.05) is 0 Å². The smallest absolute Gasteiger partial charge is 0.0672 e. The molecule has 2 fully saturated rings. The third-order valence-electron chi connectivity index (χ3n) is 4.39. The number of piperazine rings is 1. The van der Waals surface area contributed by atoms with Gasteiger partial charge in [-0.25, -0.2) is 0 Å². The van der Waals surface area contributed by atoms with E-state index in [1.165, 1.54) is 38.9 Å². The first-order chi connectivity index (χ1) is 8.70. The fourth-order valence-corrected chi connectivity index (χ4v) is 3.49. The quantitative estimate of drug-likeness (QED) is 0.769. The Bertz CT molecular complexity index is 287. The summed E-state index contributed by atoms with van der Waals surface area (Å²) in [6, 6.07) is 3.09. The molecule has 3 nitrogen and oxygen atoms in total. The molecule has 2 unspecified atom stereocenters. The van der Waals surface area contributed by atoms with Gasteiger partial charge < -0.3 is 4.90 Å². The highest BCUT2D eigenvalue weighted by Crippen LogP contribution is 2.28. The molecule has 0 spiro atoms. The predicted molar refractivity (Wildman–Crippen MR) is 74.2 cm³/mol. The molecule has 2 aliphatic rings. The van der Waals surface area contributed by atoms with Crippen LogP contribution in [0.1, 0.15) is 39.5 Å². The van der Waals surface area contributed by atoms with Gasteiger partial charge in [0, 0.05) is 38.8 Å². The number of hydrogen-bond donors (Lipinski definition) is 0. The molecule has 102 valence electrons. The zero-order valence-corrected chi connectivity index (χ0v) is 11.9. The summed E-state index contributed by atoms with van der Waals surface area (Å²) in [6.45, 7) is 10.5. The van der Waals surface area contributed by atoms with Gasteiger partial charge in [-0.05, 0) is 18.8 Å². The van der Waals surface area contributed by atoms with E-state index < -0.39 is 0 Å². The summed E-state index contributed by atoms with van der Waals surface area (Å²) in [5, 5.41) is 9.28. The third kappa shape index (κ3) is 3.46. The average molecular weight is 249 g/mol. The van der Waals surface area contributed by atoms with E-state index in [0.29, 0.717) is 6.04 Å². The molecule has 1 saturated carbocycles. The lowest BCUT2D eigenvalue weighted by atomic mass is 9.84. The third-order valence-corrected chi connectivity index (χ3v) is 4.39. The normalized spacial score (nSPS) is 31.4. The van der Waals surface area contributed by atoms with Crippen LogP contribution in [0.25, 0.3) is 0 Å². The van der Waals surface area contributed by atoms with Crippen molar-refractivity contribution in [1.29, 1.82) is 5.26 Å². The van der Waals surface area contributed by atoms with Gasteiger partial charge in [-0.1, -0.05) is 26.7 Å². The largest absolute Gasteiger partial charge is 0.301 e. The van der Waals surface area contributed by atoms with Crippen LogP contribution in [-0.4, -0.2) is 48.6 Å². The zero-order valence-electron chi connectivity index (χ0n) is 11.9. The van der Waals surface area contributed by atoms with Crippen molar-refractivity contribution in [3.63, 3.8) is 0 Å². The molecular formula is C15H27N3. The second-order valence-corrected chi connectivity index (χ2v) is 6.32. The van der Waals surface area contributed by atoms with Gasteiger partial charge in [0.05, 0.1) is 12.0 Å². The number of hydrogen-bond acceptors (Lipinski definition) is 3. The molecule has 1 aliphatic carbocycles. The van der Waals surface area contributed by atoms with E-state index in [2.05, 4.69) is 29.7 Å². The van der Waals surface area contributed by atoms with Crippen molar-refractivity contribution in [2.75, 3.05) is 32.7 Å². The SMILES string of the molecule is CC(C)CN1CCN(C2CCCCC2C#N)CC1. The maximum Gasteiger partial charge on any atom is 0.0672 e. The molecule has 0 N–H and O–H groups in total. The van der Waals surface area contributed by atoms with Crippen LogP contribution in [0.5, 0.6) is 0 Å². The molecule has 0 radical (unpaired) electrons. The Morgan fingerprint density at radius 3 is 2.39 bits per heavy atom. The molecule has 0 bridgehead atoms. The first-order valence-corrected chi connectivity index (χ1v) is 7.56. The lowest BCUT2D eigenvalue weighted by Crippen LogP contribution is -2.53. The van der Waals surface area contributed by atoms with Crippen molar-refractivity contribution in [1.82, 2.24) is 9.80 Å². The van der Waals surface area contributed by atoms with Crippen molar-refractivity contribution in [2.24, 2.45) is 11.8 Å². The van der Waals surface area contributed by atoms with Crippen molar-refractivity contribution in [2.45, 2.75) is 45.6 Å². The molecular weight excluding hydrogens is 222 g/mol. The number of nitrogens with zero attached hydrogens (tertiary/aromatic N) is 3. The molecule has 2 atom stereocenters. The van der Waals surface area contributed by atoms with Gasteiger partial charge in [0.25, 0.3) is 0 Å². The average Bonchev–Trinajstić information content (AvgIpc) is 2.39. The van der Waals surface area contributed by atoms with Crippen LogP contribution in [0.2, 0.25) is 0 Å². The van der Waals surface area contributed by atoms with E-state index in [0.717, 1.165) is 25.4 Å². The van der Waals surface area contributed by atoms with Crippen LogP contribution < -0.4 is 0 Å². The molecule has 0 aromatic carbocycles. The van der Waals surface area contributed by atoms with Gasteiger partial charge in [0.1, 0.15) is 0 Å². The molecule has 0 amide bonds. The van der Waals surface area contributed by atoms with E-state index in [1.54, 1.807) is 0 Å². The summed E-state index contributed by atoms with van der Waals surface area (Å²) in [7, 11) is 0. The van der Waals surface area contributed by atoms with Crippen molar-refractivity contribution >= 4 is 0 Å². The van der Waals surface area contributed by atoms with Crippen LogP contribution in [-0.2, 0) is 0 Å². The minimum absolute atomic E-state index is 0.287. The first-order valence-electron chi connectivity index (χ1n) is 7.56. The number of rotatable bonds is 3. The second-order valence-electron chi connectivity index (χ2n) is 6.32. The molecule has 0 aromatic heterocycles. The highest BCUT2D eigenvalue weighted by Gasteiger charge is 2.31. The summed E-state index contributed by atoms with van der Waals surface area (Å²) < 4.78 is 0. The predicted octanol–water partition coefficient (Wildman–Crippen LogP) is 2.34. The van der Waals surface area contributed by atoms with Gasteiger partial charge in [0.15, 0.2) is 0 Å². The monoisotopic (exact) mass is 249 g/mol. The van der Waals surface area contributed by atoms with Crippen LogP contribution in [0.3, 0.4) is 0 Å². The first kappa shape index (κ1) is 13.8. The lowest BCUT2D eigenvalue weighted by molar-refractivity contribution is 0.0587. The molecule has 1 heterocycles. The standard InChI is InChI=1S/C15H27N3/c1-13(2)12-17-7-9-18(10-8-17)15-6-4-3-5-14(15)11-16/h13-15H,3-10,12H2,1-2H3. The van der Waals surface area contributed by atoms with Crippen molar-refractivity contribution in [3.05, 3.63) is 0 Å². The Balaban J connectivity index is 1.83. The highest BCUT2D eigenvalue weighted by molar-refractivity contribution is 4.96. The maximum absolute atomic E-state index is 9.28. The second kappa shape index (κ2) is 6.54. The van der Waals surface area contributed by atoms with Gasteiger partial charge in [0.2, 0.25) is 0 Å². The molecule has 3 heteroatoms. The Morgan fingerprint density at radius 1 is 1.11 bits per heavy atom. The van der Waals surface area contributed by atoms with Gasteiger partial charge in [-0.2, -0.15) is 5.26 Å². The Morgan fingerprint density at radius 2 is 1.78 bits per heavy atom. The Kier molecular flexibility index (Phi) is 5.03. The van der Waals surface area contributed by atoms with Crippen molar-refractivity contribution < 1.29 is 0 Å². The topological polar surface area (TPSA) is 30.3 Å². The minimum Gasteiger partial charge on any atom is -0.301 e. The highest BCUT2D eigenvalue weighted by atomic mass is 15.3. The molecule has 0 aromatic rings. The number of nitriles is 1. The summed E-state index contributed by atoms with van der Waals surface area (Å²) in [5.74, 6) is 1.05. The van der Waals surface area contributed by atoms with E-state index in [9.17, 15) is 5.26 Å². The lowest BCUT2D eigenvalue weighted by Gasteiger charge is -2.42. The Hall–Kier alpha value is -0.590. The molecule has 18 heavy (non-hydrogen) atoms.